The summed E-state index contributed by atoms with van der Waals surface area (Å²) in [5.74, 6) is 1.16. The van der Waals surface area contributed by atoms with Gasteiger partial charge < -0.3 is 19.6 Å². The van der Waals surface area contributed by atoms with Gasteiger partial charge in [-0.05, 0) is 79.2 Å². The van der Waals surface area contributed by atoms with Crippen LogP contribution in [0.25, 0.3) is 32.8 Å². The van der Waals surface area contributed by atoms with E-state index in [-0.39, 0.29) is 0 Å². The second kappa shape index (κ2) is 11.3. The van der Waals surface area contributed by atoms with Gasteiger partial charge in [0, 0.05) is 21.9 Å². The van der Waals surface area contributed by atoms with Crippen molar-refractivity contribution in [3.8, 4) is 11.6 Å². The zero-order valence-electron chi connectivity index (χ0n) is 22.7. The lowest BCUT2D eigenvalue weighted by atomic mass is 9.82. The molecule has 4 aromatic carbocycles. The van der Waals surface area contributed by atoms with E-state index >= 15 is 0 Å². The third-order valence-corrected chi connectivity index (χ3v) is 7.93. The van der Waals surface area contributed by atoms with Gasteiger partial charge in [0.05, 0.1) is 12.1 Å². The minimum absolute atomic E-state index is 0.300. The largest absolute Gasteiger partial charge is 0.512 e. The van der Waals surface area contributed by atoms with Gasteiger partial charge in [-0.1, -0.05) is 78.9 Å². The number of carboxylic acid groups (broad SMARTS) is 1. The lowest BCUT2D eigenvalue weighted by molar-refractivity contribution is 0.142. The highest BCUT2D eigenvalue weighted by Crippen LogP contribution is 2.42. The smallest absolute Gasteiger partial charge is 0.493 e. The molecule has 0 radical (unpaired) electrons. The summed E-state index contributed by atoms with van der Waals surface area (Å²) in [5, 5.41) is 12.7. The average Bonchev–Trinajstić information content (AvgIpc) is 3.32. The Hall–Kier alpha value is -4.51. The van der Waals surface area contributed by atoms with Gasteiger partial charge in [0.15, 0.2) is 0 Å². The Labute approximate surface area is 234 Å². The number of hydrogen-bond donors (Lipinski definition) is 2. The molecule has 0 amide bonds. The van der Waals surface area contributed by atoms with E-state index in [2.05, 4.69) is 72.6 Å². The zero-order valence-corrected chi connectivity index (χ0v) is 22.7. The molecule has 5 heteroatoms. The number of fused-ring (bicyclic) bond motifs is 2. The summed E-state index contributed by atoms with van der Waals surface area (Å²) >= 11 is 0. The molecule has 0 aliphatic heterocycles. The maximum absolute atomic E-state index is 11.6. The third-order valence-electron chi connectivity index (χ3n) is 7.93. The quantitative estimate of drug-likeness (QED) is 0.155. The van der Waals surface area contributed by atoms with Crippen molar-refractivity contribution in [2.45, 2.75) is 45.4 Å². The van der Waals surface area contributed by atoms with Crippen LogP contribution in [0.15, 0.2) is 84.9 Å². The van der Waals surface area contributed by atoms with Crippen LogP contribution in [0, 0.1) is 6.92 Å². The van der Waals surface area contributed by atoms with Crippen molar-refractivity contribution in [1.82, 2.24) is 4.98 Å². The molecule has 1 aliphatic rings. The summed E-state index contributed by atoms with van der Waals surface area (Å²) in [7, 11) is 0. The van der Waals surface area contributed by atoms with Crippen LogP contribution in [0.2, 0.25) is 0 Å². The number of allylic oxidation sites excluding steroid dienone is 2. The van der Waals surface area contributed by atoms with Gasteiger partial charge in [-0.3, -0.25) is 0 Å². The van der Waals surface area contributed by atoms with Gasteiger partial charge in [0.2, 0.25) is 5.88 Å². The predicted octanol–water partition coefficient (Wildman–Crippen LogP) is 9.18. The van der Waals surface area contributed by atoms with Crippen LogP contribution in [0.3, 0.4) is 0 Å². The van der Waals surface area contributed by atoms with Gasteiger partial charge in [-0.15, -0.1) is 0 Å². The first-order valence-corrected chi connectivity index (χ1v) is 14.0. The number of para-hydroxylation sites is 1. The number of rotatable bonds is 8. The van der Waals surface area contributed by atoms with Crippen molar-refractivity contribution < 1.29 is 19.4 Å². The highest BCUT2D eigenvalue weighted by Gasteiger charge is 2.22. The molecule has 202 valence electrons. The van der Waals surface area contributed by atoms with E-state index in [0.717, 1.165) is 57.8 Å². The van der Waals surface area contributed by atoms with Crippen LogP contribution in [-0.2, 0) is 6.42 Å². The Bertz CT molecular complexity index is 1720. The monoisotopic (exact) mass is 531 g/mol. The van der Waals surface area contributed by atoms with Crippen molar-refractivity contribution in [2.24, 2.45) is 0 Å². The van der Waals surface area contributed by atoms with E-state index < -0.39 is 6.16 Å². The molecule has 0 saturated heterocycles. The Balaban J connectivity index is 1.33. The second-order valence-electron chi connectivity index (χ2n) is 10.4. The fourth-order valence-corrected chi connectivity index (χ4v) is 6.09. The molecule has 5 nitrogen and oxygen atoms in total. The van der Waals surface area contributed by atoms with Crippen LogP contribution in [0.1, 0.15) is 54.4 Å². The first kappa shape index (κ1) is 25.8. The van der Waals surface area contributed by atoms with Crippen molar-refractivity contribution in [3.63, 3.8) is 0 Å². The van der Waals surface area contributed by atoms with Gasteiger partial charge in [-0.25, -0.2) is 4.79 Å². The van der Waals surface area contributed by atoms with Crippen molar-refractivity contribution in [3.05, 3.63) is 107 Å². The number of aryl methyl sites for hydroxylation is 2. The first-order chi connectivity index (χ1) is 19.6. The standard InChI is InChI=1S/C35H33NO4/c1-23-11-2-4-14-25(23)27-16-6-7-17-28(27)29-18-9-19-30-31(34(36-33(29)30)40-35(37)38)20-10-22-39-32-21-8-13-24-12-3-5-15-26(24)32/h2-5,8-9,11-15,18-19,21,36H,6-7,10,16-17,20,22H2,1H3,(H,37,38). The van der Waals surface area contributed by atoms with E-state index in [0.29, 0.717) is 25.3 Å². The summed E-state index contributed by atoms with van der Waals surface area (Å²) < 4.78 is 11.4. The highest BCUT2D eigenvalue weighted by atomic mass is 16.7. The van der Waals surface area contributed by atoms with Gasteiger partial charge in [0.1, 0.15) is 5.75 Å². The summed E-state index contributed by atoms with van der Waals surface area (Å²) in [6.07, 6.45) is 4.36. The number of hydrogen-bond acceptors (Lipinski definition) is 3. The topological polar surface area (TPSA) is 71.6 Å². The van der Waals surface area contributed by atoms with Gasteiger partial charge >= 0.3 is 6.16 Å². The van der Waals surface area contributed by atoms with Crippen LogP contribution in [0.4, 0.5) is 4.79 Å². The summed E-state index contributed by atoms with van der Waals surface area (Å²) in [6.45, 7) is 2.68. The van der Waals surface area contributed by atoms with E-state index in [4.69, 9.17) is 9.47 Å². The molecule has 0 unspecified atom stereocenters. The number of carbonyl (C=O) groups is 1. The number of aromatic nitrogens is 1. The fraction of sp³-hybridized carbons (Fsp3) is 0.229. The van der Waals surface area contributed by atoms with Crippen molar-refractivity contribution >= 4 is 39.0 Å². The van der Waals surface area contributed by atoms with Gasteiger partial charge in [0.25, 0.3) is 0 Å². The molecule has 0 saturated carbocycles. The Morgan fingerprint density at radius 2 is 1.50 bits per heavy atom. The summed E-state index contributed by atoms with van der Waals surface area (Å²) in [4.78, 5) is 15.0. The molecule has 0 bridgehead atoms. The highest BCUT2D eigenvalue weighted by molar-refractivity contribution is 6.02. The second-order valence-corrected chi connectivity index (χ2v) is 10.4. The molecule has 0 spiro atoms. The fourth-order valence-electron chi connectivity index (χ4n) is 6.09. The zero-order chi connectivity index (χ0) is 27.5. The molecule has 0 atom stereocenters. The van der Waals surface area contributed by atoms with Crippen LogP contribution >= 0.6 is 0 Å². The Morgan fingerprint density at radius 1 is 0.825 bits per heavy atom. The summed E-state index contributed by atoms with van der Waals surface area (Å²) in [5.41, 5.74) is 8.23. The normalized spacial score (nSPS) is 13.6. The van der Waals surface area contributed by atoms with Crippen LogP contribution in [-0.4, -0.2) is 22.9 Å². The van der Waals surface area contributed by atoms with Crippen molar-refractivity contribution in [1.29, 1.82) is 0 Å². The Kier molecular flexibility index (Phi) is 7.28. The van der Waals surface area contributed by atoms with E-state index in [1.165, 1.54) is 28.7 Å². The van der Waals surface area contributed by atoms with E-state index in [1.54, 1.807) is 0 Å². The minimum atomic E-state index is -1.32. The molecular weight excluding hydrogens is 498 g/mol. The molecule has 40 heavy (non-hydrogen) atoms. The van der Waals surface area contributed by atoms with Crippen molar-refractivity contribution in [2.75, 3.05) is 6.61 Å². The molecule has 1 aliphatic carbocycles. The average molecular weight is 532 g/mol. The maximum atomic E-state index is 11.6. The SMILES string of the molecule is Cc1ccccc1C1=C(c2cccc3c(CCCOc4cccc5ccccc45)c(OC(=O)O)[nH]c23)CCCC1. The Morgan fingerprint density at radius 3 is 2.33 bits per heavy atom. The summed E-state index contributed by atoms with van der Waals surface area (Å²) in [6, 6.07) is 29.1. The van der Waals surface area contributed by atoms with E-state index in [1.807, 2.05) is 24.3 Å². The van der Waals surface area contributed by atoms with Crippen LogP contribution in [0.5, 0.6) is 11.6 Å². The number of nitrogens with one attached hydrogen (secondary N) is 1. The van der Waals surface area contributed by atoms with E-state index in [9.17, 15) is 9.90 Å². The number of H-pyrrole nitrogens is 1. The molecule has 5 aromatic rings. The maximum Gasteiger partial charge on any atom is 0.512 e. The predicted molar refractivity (Wildman–Crippen MR) is 161 cm³/mol. The molecule has 0 fully saturated rings. The minimum Gasteiger partial charge on any atom is -0.493 e. The number of benzene rings is 4. The number of ether oxygens (including phenoxy) is 2. The lowest BCUT2D eigenvalue weighted by Crippen LogP contribution is -2.06. The van der Waals surface area contributed by atoms with Gasteiger partial charge in [-0.2, -0.15) is 0 Å². The molecule has 1 heterocycles. The molecule has 2 N–H and O–H groups in total. The molecular formula is C35H33NO4. The first-order valence-electron chi connectivity index (χ1n) is 14.0. The third kappa shape index (κ3) is 5.07. The van der Waals surface area contributed by atoms with Crippen LogP contribution < -0.4 is 9.47 Å². The number of aromatic amines is 1. The lowest BCUT2D eigenvalue weighted by Gasteiger charge is -2.23. The molecule has 6 rings (SSSR count). The molecule has 1 aromatic heterocycles.